The van der Waals surface area contributed by atoms with Crippen LogP contribution in [0.5, 0.6) is 0 Å². The zero-order valence-corrected chi connectivity index (χ0v) is 12.9. The molecule has 0 spiro atoms. The predicted octanol–water partition coefficient (Wildman–Crippen LogP) is 2.21. The van der Waals surface area contributed by atoms with E-state index in [0.717, 1.165) is 25.7 Å². The molecule has 2 aliphatic heterocycles. The highest BCUT2D eigenvalue weighted by Gasteiger charge is 2.26. The molecule has 1 aromatic carbocycles. The maximum Gasteiger partial charge on any atom is 0.0235 e. The first-order valence-electron chi connectivity index (χ1n) is 8.08. The number of hydrogen-bond donors (Lipinski definition) is 1. The molecule has 0 aromatic heterocycles. The highest BCUT2D eigenvalue weighted by Crippen LogP contribution is 2.21. The number of fused-ring (bicyclic) bond motifs is 1. The van der Waals surface area contributed by atoms with Gasteiger partial charge < -0.3 is 5.32 Å². The summed E-state index contributed by atoms with van der Waals surface area (Å²) in [6.07, 6.45) is 1.33. The minimum absolute atomic E-state index is 0.765. The van der Waals surface area contributed by atoms with Crippen LogP contribution in [0.4, 0.5) is 0 Å². The van der Waals surface area contributed by atoms with E-state index in [2.05, 4.69) is 47.2 Å². The standard InChI is InChI=1S/C17H27N3/c1-3-20(4-2)17-7-8-19(13-17)12-14-5-6-15-10-18-11-16(15)9-14/h5-6,9,17-18H,3-4,7-8,10-13H2,1-2H3. The Morgan fingerprint density at radius 3 is 2.80 bits per heavy atom. The van der Waals surface area contributed by atoms with E-state index in [4.69, 9.17) is 0 Å². The number of hydrogen-bond acceptors (Lipinski definition) is 3. The van der Waals surface area contributed by atoms with Gasteiger partial charge in [-0.25, -0.2) is 0 Å². The summed E-state index contributed by atoms with van der Waals surface area (Å²) >= 11 is 0. The third-order valence-electron chi connectivity index (χ3n) is 4.88. The average Bonchev–Trinajstić information content (AvgIpc) is 3.09. The van der Waals surface area contributed by atoms with Crippen LogP contribution in [0.2, 0.25) is 0 Å². The van der Waals surface area contributed by atoms with Crippen LogP contribution >= 0.6 is 0 Å². The van der Waals surface area contributed by atoms with Crippen molar-refractivity contribution in [1.82, 2.24) is 15.1 Å². The SMILES string of the molecule is CCN(CC)C1CCN(Cc2ccc3c(c2)CNC3)C1. The summed E-state index contributed by atoms with van der Waals surface area (Å²) < 4.78 is 0. The van der Waals surface area contributed by atoms with Gasteiger partial charge in [0.2, 0.25) is 0 Å². The van der Waals surface area contributed by atoms with E-state index in [1.165, 1.54) is 49.3 Å². The molecule has 1 fully saturated rings. The predicted molar refractivity (Wildman–Crippen MR) is 83.6 cm³/mol. The second kappa shape index (κ2) is 6.25. The van der Waals surface area contributed by atoms with E-state index in [1.807, 2.05) is 0 Å². The van der Waals surface area contributed by atoms with Crippen LogP contribution in [-0.2, 0) is 19.6 Å². The summed E-state index contributed by atoms with van der Waals surface area (Å²) in [5.41, 5.74) is 4.46. The number of nitrogens with one attached hydrogen (secondary N) is 1. The van der Waals surface area contributed by atoms with Crippen LogP contribution in [-0.4, -0.2) is 42.0 Å². The number of likely N-dealkylation sites (N-methyl/N-ethyl adjacent to an activating group) is 1. The van der Waals surface area contributed by atoms with E-state index >= 15 is 0 Å². The van der Waals surface area contributed by atoms with Crippen molar-refractivity contribution >= 4 is 0 Å². The van der Waals surface area contributed by atoms with Crippen molar-refractivity contribution in [1.29, 1.82) is 0 Å². The topological polar surface area (TPSA) is 18.5 Å². The molecule has 0 aliphatic carbocycles. The van der Waals surface area contributed by atoms with Gasteiger partial charge in [0.05, 0.1) is 0 Å². The van der Waals surface area contributed by atoms with Gasteiger partial charge in [0.15, 0.2) is 0 Å². The molecule has 1 saturated heterocycles. The lowest BCUT2D eigenvalue weighted by atomic mass is 10.1. The highest BCUT2D eigenvalue weighted by atomic mass is 15.2. The molecule has 2 aliphatic rings. The van der Waals surface area contributed by atoms with Gasteiger partial charge in [-0.3, -0.25) is 9.80 Å². The molecule has 3 heteroatoms. The quantitative estimate of drug-likeness (QED) is 0.887. The van der Waals surface area contributed by atoms with Crippen LogP contribution in [0.25, 0.3) is 0 Å². The molecule has 1 N–H and O–H groups in total. The molecule has 0 amide bonds. The van der Waals surface area contributed by atoms with Gasteiger partial charge in [-0.15, -0.1) is 0 Å². The average molecular weight is 273 g/mol. The minimum Gasteiger partial charge on any atom is -0.309 e. The van der Waals surface area contributed by atoms with Gasteiger partial charge >= 0.3 is 0 Å². The molecule has 0 radical (unpaired) electrons. The zero-order chi connectivity index (χ0) is 13.9. The summed E-state index contributed by atoms with van der Waals surface area (Å²) in [5.74, 6) is 0. The Labute approximate surface area is 123 Å². The van der Waals surface area contributed by atoms with Crippen molar-refractivity contribution in [2.45, 2.75) is 45.9 Å². The van der Waals surface area contributed by atoms with Crippen molar-refractivity contribution in [2.75, 3.05) is 26.2 Å². The van der Waals surface area contributed by atoms with Crippen LogP contribution in [0.15, 0.2) is 18.2 Å². The molecular weight excluding hydrogens is 246 g/mol. The second-order valence-electron chi connectivity index (χ2n) is 6.11. The van der Waals surface area contributed by atoms with E-state index in [-0.39, 0.29) is 0 Å². The maximum absolute atomic E-state index is 3.43. The fraction of sp³-hybridized carbons (Fsp3) is 0.647. The van der Waals surface area contributed by atoms with Gasteiger partial charge in [0.1, 0.15) is 0 Å². The lowest BCUT2D eigenvalue weighted by molar-refractivity contribution is 0.209. The molecule has 3 rings (SSSR count). The van der Waals surface area contributed by atoms with Gasteiger partial charge in [0, 0.05) is 38.8 Å². The van der Waals surface area contributed by atoms with Crippen molar-refractivity contribution in [2.24, 2.45) is 0 Å². The molecular formula is C17H27N3. The Morgan fingerprint density at radius 1 is 1.20 bits per heavy atom. The Balaban J connectivity index is 1.59. The number of benzene rings is 1. The van der Waals surface area contributed by atoms with Crippen molar-refractivity contribution in [3.63, 3.8) is 0 Å². The first-order chi connectivity index (χ1) is 9.80. The number of rotatable bonds is 5. The Morgan fingerprint density at radius 2 is 2.00 bits per heavy atom. The van der Waals surface area contributed by atoms with Crippen LogP contribution in [0.3, 0.4) is 0 Å². The van der Waals surface area contributed by atoms with Crippen LogP contribution in [0.1, 0.15) is 37.0 Å². The Bertz CT molecular complexity index is 454. The summed E-state index contributed by atoms with van der Waals surface area (Å²) in [4.78, 5) is 5.22. The van der Waals surface area contributed by atoms with Gasteiger partial charge in [-0.1, -0.05) is 32.0 Å². The van der Waals surface area contributed by atoms with Gasteiger partial charge in [-0.05, 0) is 36.2 Å². The van der Waals surface area contributed by atoms with Crippen molar-refractivity contribution < 1.29 is 0 Å². The summed E-state index contributed by atoms with van der Waals surface area (Å²) in [6.45, 7) is 12.6. The summed E-state index contributed by atoms with van der Waals surface area (Å²) in [5, 5.41) is 3.43. The second-order valence-corrected chi connectivity index (χ2v) is 6.11. The molecule has 110 valence electrons. The van der Waals surface area contributed by atoms with Crippen LogP contribution in [0, 0.1) is 0 Å². The number of likely N-dealkylation sites (tertiary alicyclic amines) is 1. The third kappa shape index (κ3) is 2.90. The monoisotopic (exact) mass is 273 g/mol. The lowest BCUT2D eigenvalue weighted by Gasteiger charge is -2.26. The lowest BCUT2D eigenvalue weighted by Crippen LogP contribution is -2.37. The van der Waals surface area contributed by atoms with E-state index in [0.29, 0.717) is 0 Å². The van der Waals surface area contributed by atoms with E-state index in [1.54, 1.807) is 0 Å². The molecule has 1 aromatic rings. The Hall–Kier alpha value is -0.900. The Kier molecular flexibility index (Phi) is 4.39. The molecule has 3 nitrogen and oxygen atoms in total. The summed E-state index contributed by atoms with van der Waals surface area (Å²) in [6, 6.07) is 7.79. The third-order valence-corrected chi connectivity index (χ3v) is 4.88. The minimum atomic E-state index is 0.765. The zero-order valence-electron chi connectivity index (χ0n) is 12.9. The van der Waals surface area contributed by atoms with Gasteiger partial charge in [-0.2, -0.15) is 0 Å². The highest BCUT2D eigenvalue weighted by molar-refractivity contribution is 5.34. The maximum atomic E-state index is 3.43. The molecule has 0 bridgehead atoms. The van der Waals surface area contributed by atoms with Crippen molar-refractivity contribution in [3.05, 3.63) is 34.9 Å². The smallest absolute Gasteiger partial charge is 0.0235 e. The fourth-order valence-electron chi connectivity index (χ4n) is 3.70. The number of nitrogens with zero attached hydrogens (tertiary/aromatic N) is 2. The molecule has 0 saturated carbocycles. The normalized spacial score (nSPS) is 22.6. The largest absolute Gasteiger partial charge is 0.309 e. The van der Waals surface area contributed by atoms with Crippen LogP contribution < -0.4 is 5.32 Å². The first-order valence-corrected chi connectivity index (χ1v) is 8.08. The summed E-state index contributed by atoms with van der Waals surface area (Å²) in [7, 11) is 0. The molecule has 1 atom stereocenters. The first kappa shape index (κ1) is 14.1. The molecule has 1 unspecified atom stereocenters. The van der Waals surface area contributed by atoms with E-state index < -0.39 is 0 Å². The van der Waals surface area contributed by atoms with Crippen molar-refractivity contribution in [3.8, 4) is 0 Å². The molecule has 20 heavy (non-hydrogen) atoms. The van der Waals surface area contributed by atoms with E-state index in [9.17, 15) is 0 Å². The molecule has 2 heterocycles. The fourth-order valence-corrected chi connectivity index (χ4v) is 3.70. The van der Waals surface area contributed by atoms with Gasteiger partial charge in [0.25, 0.3) is 0 Å².